The molecule has 1 aromatic carbocycles. The third-order valence-corrected chi connectivity index (χ3v) is 4.01. The van der Waals surface area contributed by atoms with E-state index in [1.54, 1.807) is 12.1 Å². The molecule has 0 saturated carbocycles. The van der Waals surface area contributed by atoms with Gasteiger partial charge in [-0.3, -0.25) is 0 Å². The van der Waals surface area contributed by atoms with Gasteiger partial charge in [0.25, 0.3) is 0 Å². The lowest BCUT2D eigenvalue weighted by Gasteiger charge is -2.19. The molecule has 1 aliphatic heterocycles. The van der Waals surface area contributed by atoms with E-state index in [0.717, 1.165) is 19.4 Å². The molecule has 0 amide bonds. The van der Waals surface area contributed by atoms with Crippen LogP contribution in [0.4, 0.5) is 4.39 Å². The summed E-state index contributed by atoms with van der Waals surface area (Å²) in [6.45, 7) is 2.31. The SMILES string of the molecule is CN1CCC(NC2CCc3cc(F)ccc32)C1. The Bertz CT molecular complexity index is 419. The molecule has 1 aliphatic carbocycles. The maximum absolute atomic E-state index is 13.1. The van der Waals surface area contributed by atoms with Crippen LogP contribution in [0.5, 0.6) is 0 Å². The molecule has 2 aliphatic rings. The third-order valence-electron chi connectivity index (χ3n) is 4.01. The van der Waals surface area contributed by atoms with Crippen LogP contribution in [0.2, 0.25) is 0 Å². The van der Waals surface area contributed by atoms with Gasteiger partial charge in [-0.1, -0.05) is 6.07 Å². The van der Waals surface area contributed by atoms with Crippen molar-refractivity contribution in [1.82, 2.24) is 10.2 Å². The number of likely N-dealkylation sites (N-methyl/N-ethyl adjacent to an activating group) is 1. The van der Waals surface area contributed by atoms with Crippen LogP contribution in [0.3, 0.4) is 0 Å². The summed E-state index contributed by atoms with van der Waals surface area (Å²) >= 11 is 0. The number of benzene rings is 1. The standard InChI is InChI=1S/C14H19FN2/c1-17-7-6-12(9-17)16-14-5-2-10-8-11(15)3-4-13(10)14/h3-4,8,12,14,16H,2,5-7,9H2,1H3. The molecule has 1 aromatic rings. The summed E-state index contributed by atoms with van der Waals surface area (Å²) in [7, 11) is 2.17. The predicted molar refractivity (Wildman–Crippen MR) is 66.5 cm³/mol. The van der Waals surface area contributed by atoms with Gasteiger partial charge in [-0.05, 0) is 56.1 Å². The first kappa shape index (κ1) is 11.2. The van der Waals surface area contributed by atoms with Crippen LogP contribution in [0.25, 0.3) is 0 Å². The summed E-state index contributed by atoms with van der Waals surface area (Å²) < 4.78 is 13.1. The highest BCUT2D eigenvalue weighted by molar-refractivity contribution is 5.35. The van der Waals surface area contributed by atoms with E-state index in [1.165, 1.54) is 24.1 Å². The Labute approximate surface area is 102 Å². The summed E-state index contributed by atoms with van der Waals surface area (Å²) in [4.78, 5) is 2.36. The molecule has 1 saturated heterocycles. The van der Waals surface area contributed by atoms with Crippen molar-refractivity contribution in [2.75, 3.05) is 20.1 Å². The van der Waals surface area contributed by atoms with Gasteiger partial charge in [-0.25, -0.2) is 4.39 Å². The Balaban J connectivity index is 1.71. The summed E-state index contributed by atoms with van der Waals surface area (Å²) in [6, 6.07) is 6.26. The molecule has 2 atom stereocenters. The van der Waals surface area contributed by atoms with E-state index in [2.05, 4.69) is 17.3 Å². The molecule has 0 aromatic heterocycles. The quantitative estimate of drug-likeness (QED) is 0.843. The van der Waals surface area contributed by atoms with E-state index in [-0.39, 0.29) is 5.82 Å². The van der Waals surface area contributed by atoms with Crippen molar-refractivity contribution >= 4 is 0 Å². The number of aryl methyl sites for hydroxylation is 1. The molecule has 0 radical (unpaired) electrons. The second-order valence-electron chi connectivity index (χ2n) is 5.35. The van der Waals surface area contributed by atoms with Crippen LogP contribution >= 0.6 is 0 Å². The van der Waals surface area contributed by atoms with Crippen molar-refractivity contribution in [2.24, 2.45) is 0 Å². The van der Waals surface area contributed by atoms with E-state index >= 15 is 0 Å². The van der Waals surface area contributed by atoms with Gasteiger partial charge in [0.05, 0.1) is 0 Å². The maximum atomic E-state index is 13.1. The highest BCUT2D eigenvalue weighted by atomic mass is 19.1. The minimum Gasteiger partial charge on any atom is -0.306 e. The molecule has 1 heterocycles. The highest BCUT2D eigenvalue weighted by Gasteiger charge is 2.27. The van der Waals surface area contributed by atoms with Gasteiger partial charge < -0.3 is 10.2 Å². The van der Waals surface area contributed by atoms with Crippen molar-refractivity contribution in [3.63, 3.8) is 0 Å². The Kier molecular flexibility index (Phi) is 2.89. The van der Waals surface area contributed by atoms with E-state index in [4.69, 9.17) is 0 Å². The van der Waals surface area contributed by atoms with Gasteiger partial charge in [0.1, 0.15) is 5.82 Å². The van der Waals surface area contributed by atoms with Gasteiger partial charge >= 0.3 is 0 Å². The normalized spacial score (nSPS) is 28.6. The second kappa shape index (κ2) is 4.39. The number of hydrogen-bond acceptors (Lipinski definition) is 2. The Morgan fingerprint density at radius 3 is 3.00 bits per heavy atom. The molecular formula is C14H19FN2. The Hall–Kier alpha value is -0.930. The molecule has 1 N–H and O–H groups in total. The molecule has 3 rings (SSSR count). The predicted octanol–water partition coefficient (Wildman–Crippen LogP) is 2.11. The molecular weight excluding hydrogens is 215 g/mol. The highest BCUT2D eigenvalue weighted by Crippen LogP contribution is 2.32. The summed E-state index contributed by atoms with van der Waals surface area (Å²) in [5.74, 6) is -0.106. The summed E-state index contributed by atoms with van der Waals surface area (Å²) in [5, 5.41) is 3.72. The van der Waals surface area contributed by atoms with Crippen LogP contribution in [-0.4, -0.2) is 31.1 Å². The average Bonchev–Trinajstić information content (AvgIpc) is 2.86. The van der Waals surface area contributed by atoms with E-state index < -0.39 is 0 Å². The second-order valence-corrected chi connectivity index (χ2v) is 5.35. The number of fused-ring (bicyclic) bond motifs is 1. The first-order chi connectivity index (χ1) is 8.22. The fourth-order valence-electron chi connectivity index (χ4n) is 3.11. The van der Waals surface area contributed by atoms with Crippen LogP contribution in [0.1, 0.15) is 30.0 Å². The van der Waals surface area contributed by atoms with Gasteiger partial charge in [0.2, 0.25) is 0 Å². The number of nitrogens with one attached hydrogen (secondary N) is 1. The largest absolute Gasteiger partial charge is 0.306 e. The zero-order valence-electron chi connectivity index (χ0n) is 10.2. The lowest BCUT2D eigenvalue weighted by atomic mass is 10.1. The topological polar surface area (TPSA) is 15.3 Å². The number of hydrogen-bond donors (Lipinski definition) is 1. The maximum Gasteiger partial charge on any atom is 0.123 e. The first-order valence-electron chi connectivity index (χ1n) is 6.45. The molecule has 3 heteroatoms. The molecule has 1 fully saturated rings. The monoisotopic (exact) mass is 234 g/mol. The number of halogens is 1. The minimum atomic E-state index is -0.106. The molecule has 0 spiro atoms. The fraction of sp³-hybridized carbons (Fsp3) is 0.571. The van der Waals surface area contributed by atoms with Crippen LogP contribution in [0, 0.1) is 5.82 Å². The van der Waals surface area contributed by atoms with Crippen LogP contribution in [0.15, 0.2) is 18.2 Å². The Morgan fingerprint density at radius 2 is 2.24 bits per heavy atom. The number of nitrogens with zero attached hydrogens (tertiary/aromatic N) is 1. The number of likely N-dealkylation sites (tertiary alicyclic amines) is 1. The molecule has 2 unspecified atom stereocenters. The van der Waals surface area contributed by atoms with Gasteiger partial charge in [-0.15, -0.1) is 0 Å². The van der Waals surface area contributed by atoms with E-state index in [1.807, 2.05) is 6.07 Å². The van der Waals surface area contributed by atoms with Crippen molar-refractivity contribution in [2.45, 2.75) is 31.3 Å². The van der Waals surface area contributed by atoms with Crippen molar-refractivity contribution in [1.29, 1.82) is 0 Å². The summed E-state index contributed by atoms with van der Waals surface area (Å²) in [6.07, 6.45) is 3.34. The zero-order chi connectivity index (χ0) is 11.8. The zero-order valence-corrected chi connectivity index (χ0v) is 10.2. The van der Waals surface area contributed by atoms with Crippen molar-refractivity contribution in [3.8, 4) is 0 Å². The molecule has 0 bridgehead atoms. The molecule has 17 heavy (non-hydrogen) atoms. The summed E-state index contributed by atoms with van der Waals surface area (Å²) in [5.41, 5.74) is 2.50. The van der Waals surface area contributed by atoms with Gasteiger partial charge in [0, 0.05) is 18.6 Å². The van der Waals surface area contributed by atoms with E-state index in [9.17, 15) is 4.39 Å². The minimum absolute atomic E-state index is 0.106. The Morgan fingerprint density at radius 1 is 1.35 bits per heavy atom. The fourth-order valence-corrected chi connectivity index (χ4v) is 3.11. The number of rotatable bonds is 2. The van der Waals surface area contributed by atoms with Crippen LogP contribution in [-0.2, 0) is 6.42 Å². The molecule has 92 valence electrons. The average molecular weight is 234 g/mol. The van der Waals surface area contributed by atoms with Crippen LogP contribution < -0.4 is 5.32 Å². The lowest BCUT2D eigenvalue weighted by Crippen LogP contribution is -2.33. The first-order valence-corrected chi connectivity index (χ1v) is 6.45. The van der Waals surface area contributed by atoms with Crippen molar-refractivity contribution < 1.29 is 4.39 Å². The smallest absolute Gasteiger partial charge is 0.123 e. The third kappa shape index (κ3) is 2.22. The van der Waals surface area contributed by atoms with Gasteiger partial charge in [-0.2, -0.15) is 0 Å². The van der Waals surface area contributed by atoms with Crippen molar-refractivity contribution in [3.05, 3.63) is 35.1 Å². The van der Waals surface area contributed by atoms with Gasteiger partial charge in [0.15, 0.2) is 0 Å². The molecule has 2 nitrogen and oxygen atoms in total. The van der Waals surface area contributed by atoms with E-state index in [0.29, 0.717) is 12.1 Å². The lowest BCUT2D eigenvalue weighted by molar-refractivity contribution is 0.381.